The number of para-hydroxylation sites is 1. The van der Waals surface area contributed by atoms with E-state index in [1.54, 1.807) is 0 Å². The number of carbonyl (C=O) groups is 1. The second kappa shape index (κ2) is 9.27. The summed E-state index contributed by atoms with van der Waals surface area (Å²) in [5, 5.41) is 3.56. The average Bonchev–Trinajstić information content (AvgIpc) is 3.26. The number of amides is 2. The van der Waals surface area contributed by atoms with Crippen molar-refractivity contribution in [3.8, 4) is 11.4 Å². The predicted octanol–water partition coefficient (Wildman–Crippen LogP) is 6.97. The zero-order valence-electron chi connectivity index (χ0n) is 19.2. The summed E-state index contributed by atoms with van der Waals surface area (Å²) in [4.78, 5) is 15.6. The van der Waals surface area contributed by atoms with Crippen molar-refractivity contribution in [3.05, 3.63) is 112 Å². The molecule has 4 aromatic rings. The summed E-state index contributed by atoms with van der Waals surface area (Å²) in [6.45, 7) is 4.99. The smallest absolute Gasteiger partial charge is 0.323 e. The number of nitrogens with zero attached hydrogens (tertiary/aromatic N) is 2. The Morgan fingerprint density at radius 1 is 1.06 bits per heavy atom. The minimum Gasteiger partial charge on any atom is -0.494 e. The lowest BCUT2D eigenvalue weighted by atomic mass is 10.0. The SMILES string of the molecule is CCOc1ccc([C@@H]2c3cccn3-c3ccccc3CN2C(=O)Nc2ccc(C)cc2Cl)cc1. The number of rotatable bonds is 4. The van der Waals surface area contributed by atoms with Crippen molar-refractivity contribution in [1.82, 2.24) is 9.47 Å². The topological polar surface area (TPSA) is 46.5 Å². The third-order valence-electron chi connectivity index (χ3n) is 6.10. The van der Waals surface area contributed by atoms with Crippen LogP contribution in [-0.2, 0) is 6.54 Å². The molecule has 6 heteroatoms. The molecule has 1 aliphatic rings. The van der Waals surface area contributed by atoms with Crippen LogP contribution in [0, 0.1) is 6.92 Å². The Morgan fingerprint density at radius 2 is 1.85 bits per heavy atom. The summed E-state index contributed by atoms with van der Waals surface area (Å²) in [7, 11) is 0. The molecular formula is C28H26ClN3O2. The van der Waals surface area contributed by atoms with Crippen molar-refractivity contribution in [1.29, 1.82) is 0 Å². The van der Waals surface area contributed by atoms with E-state index in [1.165, 1.54) is 0 Å². The van der Waals surface area contributed by atoms with E-state index < -0.39 is 0 Å². The lowest BCUT2D eigenvalue weighted by Gasteiger charge is -2.31. The maximum Gasteiger partial charge on any atom is 0.323 e. The van der Waals surface area contributed by atoms with Crippen molar-refractivity contribution in [2.45, 2.75) is 26.4 Å². The van der Waals surface area contributed by atoms with E-state index in [0.717, 1.165) is 33.8 Å². The second-order valence-electron chi connectivity index (χ2n) is 8.38. The van der Waals surface area contributed by atoms with Crippen molar-refractivity contribution in [2.75, 3.05) is 11.9 Å². The molecule has 1 aliphatic heterocycles. The first kappa shape index (κ1) is 22.1. The van der Waals surface area contributed by atoms with Gasteiger partial charge in [-0.3, -0.25) is 0 Å². The fourth-order valence-electron chi connectivity index (χ4n) is 4.51. The molecular weight excluding hydrogens is 446 g/mol. The highest BCUT2D eigenvalue weighted by molar-refractivity contribution is 6.33. The summed E-state index contributed by atoms with van der Waals surface area (Å²) in [6.07, 6.45) is 2.05. The van der Waals surface area contributed by atoms with Crippen LogP contribution in [0.4, 0.5) is 10.5 Å². The molecule has 2 heterocycles. The number of benzene rings is 3. The number of urea groups is 1. The molecule has 0 unspecified atom stereocenters. The van der Waals surface area contributed by atoms with Crippen LogP contribution in [0.3, 0.4) is 0 Å². The van der Waals surface area contributed by atoms with E-state index in [-0.39, 0.29) is 12.1 Å². The third kappa shape index (κ3) is 4.15. The minimum absolute atomic E-state index is 0.214. The Kier molecular flexibility index (Phi) is 6.03. The Balaban J connectivity index is 1.60. The van der Waals surface area contributed by atoms with Crippen molar-refractivity contribution < 1.29 is 9.53 Å². The van der Waals surface area contributed by atoms with Gasteiger partial charge in [0.15, 0.2) is 0 Å². The zero-order valence-corrected chi connectivity index (χ0v) is 19.9. The molecule has 0 aliphatic carbocycles. The van der Waals surface area contributed by atoms with Gasteiger partial charge in [-0.1, -0.05) is 48.0 Å². The molecule has 172 valence electrons. The summed E-state index contributed by atoms with van der Waals surface area (Å²) in [5.74, 6) is 0.806. The lowest BCUT2D eigenvalue weighted by Crippen LogP contribution is -2.38. The van der Waals surface area contributed by atoms with Gasteiger partial charge < -0.3 is 19.5 Å². The third-order valence-corrected chi connectivity index (χ3v) is 6.41. The molecule has 0 saturated heterocycles. The van der Waals surface area contributed by atoms with Gasteiger partial charge in [0.05, 0.1) is 35.6 Å². The number of ether oxygens (including phenoxy) is 1. The van der Waals surface area contributed by atoms with E-state index in [9.17, 15) is 4.79 Å². The van der Waals surface area contributed by atoms with Crippen molar-refractivity contribution in [3.63, 3.8) is 0 Å². The van der Waals surface area contributed by atoms with Crippen LogP contribution in [0.5, 0.6) is 5.75 Å². The number of aryl methyl sites for hydroxylation is 1. The van der Waals surface area contributed by atoms with E-state index in [2.05, 4.69) is 28.1 Å². The van der Waals surface area contributed by atoms with E-state index in [4.69, 9.17) is 16.3 Å². The largest absolute Gasteiger partial charge is 0.494 e. The first-order valence-electron chi connectivity index (χ1n) is 11.4. The van der Waals surface area contributed by atoms with Crippen LogP contribution in [0.25, 0.3) is 5.69 Å². The summed E-state index contributed by atoms with van der Waals surface area (Å²) in [6, 6.07) is 25.4. The van der Waals surface area contributed by atoms with Gasteiger partial charge >= 0.3 is 6.03 Å². The molecule has 3 aromatic carbocycles. The van der Waals surface area contributed by atoms with Crippen LogP contribution in [0.1, 0.15) is 35.3 Å². The number of fused-ring (bicyclic) bond motifs is 3. The molecule has 2 amide bonds. The molecule has 0 saturated carbocycles. The Hall–Kier alpha value is -3.70. The van der Waals surface area contributed by atoms with Gasteiger partial charge in [0, 0.05) is 11.9 Å². The van der Waals surface area contributed by atoms with Gasteiger partial charge in [-0.2, -0.15) is 0 Å². The number of halogens is 1. The monoisotopic (exact) mass is 471 g/mol. The first-order valence-corrected chi connectivity index (χ1v) is 11.7. The van der Waals surface area contributed by atoms with Gasteiger partial charge in [0.2, 0.25) is 0 Å². The van der Waals surface area contributed by atoms with E-state index in [1.807, 2.05) is 85.6 Å². The van der Waals surface area contributed by atoms with Gasteiger partial charge in [0.1, 0.15) is 5.75 Å². The van der Waals surface area contributed by atoms with E-state index in [0.29, 0.717) is 23.9 Å². The van der Waals surface area contributed by atoms with Crippen molar-refractivity contribution in [2.24, 2.45) is 0 Å². The quantitative estimate of drug-likeness (QED) is 0.349. The molecule has 0 bridgehead atoms. The van der Waals surface area contributed by atoms with E-state index >= 15 is 0 Å². The summed E-state index contributed by atoms with van der Waals surface area (Å²) < 4.78 is 7.81. The van der Waals surface area contributed by atoms with Gasteiger partial charge in [0.25, 0.3) is 0 Å². The molecule has 0 radical (unpaired) electrons. The van der Waals surface area contributed by atoms with Crippen LogP contribution in [0.2, 0.25) is 5.02 Å². The van der Waals surface area contributed by atoms with Crippen LogP contribution in [0.15, 0.2) is 85.1 Å². The minimum atomic E-state index is -0.303. The highest BCUT2D eigenvalue weighted by Crippen LogP contribution is 2.37. The maximum absolute atomic E-state index is 13.8. The highest BCUT2D eigenvalue weighted by atomic mass is 35.5. The molecule has 34 heavy (non-hydrogen) atoms. The average molecular weight is 472 g/mol. The number of nitrogens with one attached hydrogen (secondary N) is 1. The molecule has 0 fully saturated rings. The predicted molar refractivity (Wildman–Crippen MR) is 136 cm³/mol. The standard InChI is InChI=1S/C28H26ClN3O2/c1-3-34-22-13-11-20(12-14-22)27-26-9-6-16-31(26)25-8-5-4-7-21(25)18-32(27)28(33)30-24-15-10-19(2)17-23(24)29/h4-17,27H,3,18H2,1-2H3,(H,30,33)/t27-/m1/s1. The zero-order chi connectivity index (χ0) is 23.7. The van der Waals surface area contributed by atoms with Gasteiger partial charge in [-0.05, 0) is 73.0 Å². The normalized spacial score (nSPS) is 14.7. The number of carbonyl (C=O) groups excluding carboxylic acids is 1. The van der Waals surface area contributed by atoms with Crippen molar-refractivity contribution >= 4 is 23.3 Å². The molecule has 1 aromatic heterocycles. The molecule has 1 N–H and O–H groups in total. The number of aromatic nitrogens is 1. The second-order valence-corrected chi connectivity index (χ2v) is 8.78. The summed E-state index contributed by atoms with van der Waals surface area (Å²) >= 11 is 6.44. The molecule has 5 rings (SSSR count). The Bertz CT molecular complexity index is 1330. The summed E-state index contributed by atoms with van der Waals surface area (Å²) in [5.41, 5.74) is 5.79. The number of hydrogen-bond acceptors (Lipinski definition) is 2. The fourth-order valence-corrected chi connectivity index (χ4v) is 4.79. The Morgan fingerprint density at radius 3 is 2.62 bits per heavy atom. The molecule has 0 spiro atoms. The van der Waals surface area contributed by atoms with Crippen LogP contribution in [-0.4, -0.2) is 22.1 Å². The number of hydrogen-bond donors (Lipinski definition) is 1. The molecule has 1 atom stereocenters. The van der Waals surface area contributed by atoms with Gasteiger partial charge in [-0.15, -0.1) is 0 Å². The van der Waals surface area contributed by atoms with Crippen LogP contribution < -0.4 is 10.1 Å². The maximum atomic E-state index is 13.8. The number of anilines is 1. The fraction of sp³-hybridized carbons (Fsp3) is 0.179. The highest BCUT2D eigenvalue weighted by Gasteiger charge is 2.33. The van der Waals surface area contributed by atoms with Gasteiger partial charge in [-0.25, -0.2) is 4.79 Å². The first-order chi connectivity index (χ1) is 16.5. The lowest BCUT2D eigenvalue weighted by molar-refractivity contribution is 0.194. The van der Waals surface area contributed by atoms with Crippen LogP contribution >= 0.6 is 11.6 Å². The molecule has 5 nitrogen and oxygen atoms in total. The Labute approximate surface area is 204 Å².